The molecule has 1 rings (SSSR count). The van der Waals surface area contributed by atoms with Crippen LogP contribution in [0.3, 0.4) is 0 Å². The monoisotopic (exact) mass is 244 g/mol. The summed E-state index contributed by atoms with van der Waals surface area (Å²) < 4.78 is 28.1. The molecule has 0 fully saturated rings. The molecule has 0 aliphatic heterocycles. The zero-order valence-corrected chi connectivity index (χ0v) is 9.37. The Balaban J connectivity index is 2.56. The highest BCUT2D eigenvalue weighted by atomic mass is 19.3. The highest BCUT2D eigenvalue weighted by molar-refractivity contribution is 5.92. The molecule has 0 aliphatic carbocycles. The van der Waals surface area contributed by atoms with E-state index < -0.39 is 6.61 Å². The summed E-state index contributed by atoms with van der Waals surface area (Å²) in [7, 11) is 0. The number of nitrogens with one attached hydrogen (secondary N) is 2. The van der Waals surface area contributed by atoms with E-state index in [-0.39, 0.29) is 18.2 Å². The quantitative estimate of drug-likeness (QED) is 0.802. The molecule has 0 spiro atoms. The van der Waals surface area contributed by atoms with E-state index in [0.29, 0.717) is 12.2 Å². The van der Waals surface area contributed by atoms with E-state index in [0.717, 1.165) is 0 Å². The van der Waals surface area contributed by atoms with Crippen LogP contribution in [-0.4, -0.2) is 25.6 Å². The molecule has 94 valence electrons. The van der Waals surface area contributed by atoms with Gasteiger partial charge in [0, 0.05) is 11.8 Å². The van der Waals surface area contributed by atoms with E-state index in [2.05, 4.69) is 15.4 Å². The third-order valence-corrected chi connectivity index (χ3v) is 1.88. The van der Waals surface area contributed by atoms with Gasteiger partial charge in [-0.15, -0.1) is 0 Å². The average Bonchev–Trinajstić information content (AvgIpc) is 2.26. The number of amides is 1. The van der Waals surface area contributed by atoms with Crippen LogP contribution in [-0.2, 0) is 4.79 Å². The van der Waals surface area contributed by atoms with Crippen molar-refractivity contribution in [1.29, 1.82) is 0 Å². The Morgan fingerprint density at radius 1 is 1.47 bits per heavy atom. The van der Waals surface area contributed by atoms with Gasteiger partial charge in [-0.3, -0.25) is 4.79 Å². The number of carbonyl (C=O) groups excluding carboxylic acids is 1. The van der Waals surface area contributed by atoms with Crippen molar-refractivity contribution in [2.24, 2.45) is 0 Å². The molecule has 0 saturated carbocycles. The van der Waals surface area contributed by atoms with E-state index in [1.807, 2.05) is 6.92 Å². The van der Waals surface area contributed by atoms with Gasteiger partial charge >= 0.3 is 6.61 Å². The van der Waals surface area contributed by atoms with Crippen LogP contribution in [0.1, 0.15) is 6.92 Å². The lowest BCUT2D eigenvalue weighted by molar-refractivity contribution is -0.115. The maximum Gasteiger partial charge on any atom is 0.387 e. The van der Waals surface area contributed by atoms with Gasteiger partial charge in [-0.2, -0.15) is 8.78 Å². The Hall–Kier alpha value is -1.69. The number of likely N-dealkylation sites (N-methyl/N-ethyl adjacent to an activating group) is 1. The van der Waals surface area contributed by atoms with Crippen LogP contribution in [0.25, 0.3) is 0 Å². The second-order valence-electron chi connectivity index (χ2n) is 3.23. The molecule has 4 nitrogen and oxygen atoms in total. The first kappa shape index (κ1) is 13.4. The van der Waals surface area contributed by atoms with Gasteiger partial charge in [0.25, 0.3) is 0 Å². The number of rotatable bonds is 6. The highest BCUT2D eigenvalue weighted by Crippen LogP contribution is 2.18. The Kier molecular flexibility index (Phi) is 5.35. The first-order valence-corrected chi connectivity index (χ1v) is 5.17. The van der Waals surface area contributed by atoms with E-state index in [9.17, 15) is 13.6 Å². The molecule has 0 aromatic heterocycles. The smallest absolute Gasteiger partial charge is 0.387 e. The summed E-state index contributed by atoms with van der Waals surface area (Å²) in [6, 6.07) is 5.87. The minimum Gasteiger partial charge on any atom is -0.435 e. The number of ether oxygens (including phenoxy) is 1. The molecule has 6 heteroatoms. The summed E-state index contributed by atoms with van der Waals surface area (Å²) in [5, 5.41) is 5.42. The SMILES string of the molecule is CCNCC(=O)Nc1cccc(OC(F)F)c1. The molecule has 0 radical (unpaired) electrons. The van der Waals surface area contributed by atoms with Crippen molar-refractivity contribution in [2.45, 2.75) is 13.5 Å². The second kappa shape index (κ2) is 6.80. The lowest BCUT2D eigenvalue weighted by atomic mass is 10.3. The normalized spacial score (nSPS) is 10.4. The van der Waals surface area contributed by atoms with Gasteiger partial charge in [0.2, 0.25) is 5.91 Å². The van der Waals surface area contributed by atoms with Gasteiger partial charge in [-0.05, 0) is 18.7 Å². The Labute approximate surface area is 98.0 Å². The first-order chi connectivity index (χ1) is 8.11. The summed E-state index contributed by atoms with van der Waals surface area (Å²) in [4.78, 5) is 11.3. The van der Waals surface area contributed by atoms with Crippen molar-refractivity contribution in [3.63, 3.8) is 0 Å². The predicted molar refractivity (Wildman–Crippen MR) is 60.2 cm³/mol. The predicted octanol–water partition coefficient (Wildman–Crippen LogP) is 1.84. The van der Waals surface area contributed by atoms with Crippen molar-refractivity contribution >= 4 is 11.6 Å². The fourth-order valence-electron chi connectivity index (χ4n) is 1.19. The van der Waals surface area contributed by atoms with E-state index in [1.54, 1.807) is 6.07 Å². The Morgan fingerprint density at radius 2 is 2.24 bits per heavy atom. The lowest BCUT2D eigenvalue weighted by Gasteiger charge is -2.08. The molecular formula is C11H14F2N2O2. The van der Waals surface area contributed by atoms with Crippen LogP contribution in [0.4, 0.5) is 14.5 Å². The maximum atomic E-state index is 12.0. The van der Waals surface area contributed by atoms with Crippen LogP contribution in [0, 0.1) is 0 Å². The number of halogens is 2. The third-order valence-electron chi connectivity index (χ3n) is 1.88. The number of benzene rings is 1. The fraction of sp³-hybridized carbons (Fsp3) is 0.364. The van der Waals surface area contributed by atoms with Crippen LogP contribution < -0.4 is 15.4 Å². The van der Waals surface area contributed by atoms with Gasteiger partial charge in [0.05, 0.1) is 6.54 Å². The molecule has 1 aromatic carbocycles. The minimum absolute atomic E-state index is 0.0150. The number of alkyl halides is 2. The largest absolute Gasteiger partial charge is 0.435 e. The van der Waals surface area contributed by atoms with Gasteiger partial charge < -0.3 is 15.4 Å². The van der Waals surface area contributed by atoms with Crippen molar-refractivity contribution in [3.8, 4) is 5.75 Å². The molecule has 2 N–H and O–H groups in total. The fourth-order valence-corrected chi connectivity index (χ4v) is 1.19. The molecule has 1 aromatic rings. The molecular weight excluding hydrogens is 230 g/mol. The van der Waals surface area contributed by atoms with E-state index in [1.165, 1.54) is 18.2 Å². The number of carbonyl (C=O) groups is 1. The minimum atomic E-state index is -2.87. The van der Waals surface area contributed by atoms with Gasteiger partial charge in [0.1, 0.15) is 5.75 Å². The summed E-state index contributed by atoms with van der Waals surface area (Å²) in [6.45, 7) is -0.134. The zero-order valence-electron chi connectivity index (χ0n) is 9.37. The van der Waals surface area contributed by atoms with E-state index >= 15 is 0 Å². The molecule has 0 unspecified atom stereocenters. The summed E-state index contributed by atoms with van der Waals surface area (Å²) in [5.74, 6) is -0.220. The van der Waals surface area contributed by atoms with Gasteiger partial charge in [-0.25, -0.2) is 0 Å². The first-order valence-electron chi connectivity index (χ1n) is 5.17. The zero-order chi connectivity index (χ0) is 12.7. The summed E-state index contributed by atoms with van der Waals surface area (Å²) >= 11 is 0. The van der Waals surface area contributed by atoms with E-state index in [4.69, 9.17) is 0 Å². The van der Waals surface area contributed by atoms with Crippen LogP contribution in [0.5, 0.6) is 5.75 Å². The number of hydrogen-bond donors (Lipinski definition) is 2. The molecule has 17 heavy (non-hydrogen) atoms. The van der Waals surface area contributed by atoms with Gasteiger partial charge in [0.15, 0.2) is 0 Å². The Bertz CT molecular complexity index is 372. The lowest BCUT2D eigenvalue weighted by Crippen LogP contribution is -2.27. The molecule has 1 amide bonds. The Morgan fingerprint density at radius 3 is 2.88 bits per heavy atom. The molecule has 0 saturated heterocycles. The summed E-state index contributed by atoms with van der Waals surface area (Å²) in [6.07, 6.45) is 0. The van der Waals surface area contributed by atoms with Crippen molar-refractivity contribution in [1.82, 2.24) is 5.32 Å². The third kappa shape index (κ3) is 5.26. The van der Waals surface area contributed by atoms with Crippen LogP contribution >= 0.6 is 0 Å². The van der Waals surface area contributed by atoms with Crippen molar-refractivity contribution in [2.75, 3.05) is 18.4 Å². The van der Waals surface area contributed by atoms with Crippen LogP contribution in [0.15, 0.2) is 24.3 Å². The van der Waals surface area contributed by atoms with Crippen molar-refractivity contribution in [3.05, 3.63) is 24.3 Å². The summed E-state index contributed by atoms with van der Waals surface area (Å²) in [5.41, 5.74) is 0.422. The highest BCUT2D eigenvalue weighted by Gasteiger charge is 2.06. The average molecular weight is 244 g/mol. The molecule has 0 bridgehead atoms. The van der Waals surface area contributed by atoms with Crippen LogP contribution in [0.2, 0.25) is 0 Å². The molecule has 0 aliphatic rings. The second-order valence-corrected chi connectivity index (χ2v) is 3.23. The van der Waals surface area contributed by atoms with Crippen molar-refractivity contribution < 1.29 is 18.3 Å². The van der Waals surface area contributed by atoms with Gasteiger partial charge in [-0.1, -0.05) is 13.0 Å². The molecule has 0 heterocycles. The standard InChI is InChI=1S/C11H14F2N2O2/c1-2-14-7-10(16)15-8-4-3-5-9(6-8)17-11(12)13/h3-6,11,14H,2,7H2,1H3,(H,15,16). The maximum absolute atomic E-state index is 12.0. The topological polar surface area (TPSA) is 50.4 Å². The number of hydrogen-bond acceptors (Lipinski definition) is 3. The number of anilines is 1. The molecule has 0 atom stereocenters.